The molecule has 1 saturated heterocycles. The Morgan fingerprint density at radius 2 is 2.12 bits per heavy atom. The summed E-state index contributed by atoms with van der Waals surface area (Å²) in [5, 5.41) is 10.3. The van der Waals surface area contributed by atoms with Gasteiger partial charge in [-0.2, -0.15) is 4.98 Å². The normalized spacial score (nSPS) is 39.2. The maximum atomic E-state index is 9.97. The van der Waals surface area contributed by atoms with Gasteiger partial charge in [0.25, 0.3) is 0 Å². The zero-order valence-electron chi connectivity index (χ0n) is 13.1. The molecule has 3 fully saturated rings. The van der Waals surface area contributed by atoms with Crippen molar-refractivity contribution < 1.29 is 14.6 Å². The van der Waals surface area contributed by atoms with Crippen LogP contribution in [-0.4, -0.2) is 49.2 Å². The molecule has 5 atom stereocenters. The number of aliphatic hydroxyl groups is 1. The molecule has 9 heteroatoms. The van der Waals surface area contributed by atoms with Crippen LogP contribution in [0.3, 0.4) is 0 Å². The lowest BCUT2D eigenvalue weighted by atomic mass is 10.0. The molecule has 3 heterocycles. The molecule has 24 heavy (non-hydrogen) atoms. The van der Waals surface area contributed by atoms with E-state index >= 15 is 0 Å². The van der Waals surface area contributed by atoms with Crippen molar-refractivity contribution in [2.75, 3.05) is 6.61 Å². The van der Waals surface area contributed by atoms with Crippen LogP contribution in [0.2, 0.25) is 10.4 Å². The molecule has 7 nitrogen and oxygen atoms in total. The summed E-state index contributed by atoms with van der Waals surface area (Å²) < 4.78 is 14.2. The molecular weight excluding hydrogens is 355 g/mol. The number of hydrogen-bond donors (Lipinski definition) is 1. The molecule has 0 radical (unpaired) electrons. The fourth-order valence-electron chi connectivity index (χ4n) is 4.55. The van der Waals surface area contributed by atoms with E-state index in [1.54, 1.807) is 6.33 Å². The highest BCUT2D eigenvalue weighted by Crippen LogP contribution is 2.71. The van der Waals surface area contributed by atoms with Gasteiger partial charge in [0.1, 0.15) is 11.6 Å². The van der Waals surface area contributed by atoms with Crippen molar-refractivity contribution in [1.82, 2.24) is 19.5 Å². The Kier molecular flexibility index (Phi) is 2.92. The number of halogens is 2. The van der Waals surface area contributed by atoms with Crippen molar-refractivity contribution in [3.8, 4) is 0 Å². The predicted octanol–water partition coefficient (Wildman–Crippen LogP) is 2.21. The fraction of sp³-hybridized carbons (Fsp3) is 0.667. The first kappa shape index (κ1) is 15.3. The first-order valence-electron chi connectivity index (χ1n) is 7.88. The van der Waals surface area contributed by atoms with E-state index in [9.17, 15) is 5.11 Å². The Morgan fingerprint density at radius 3 is 2.88 bits per heavy atom. The fourth-order valence-corrected chi connectivity index (χ4v) is 4.97. The molecule has 0 spiro atoms. The van der Waals surface area contributed by atoms with Crippen molar-refractivity contribution in [3.63, 3.8) is 0 Å². The smallest absolute Gasteiger partial charge is 0.225 e. The van der Waals surface area contributed by atoms with E-state index in [0.717, 1.165) is 6.42 Å². The minimum absolute atomic E-state index is 0.0315. The average Bonchev–Trinajstić information content (AvgIpc) is 2.78. The second-order valence-electron chi connectivity index (χ2n) is 7.32. The minimum Gasteiger partial charge on any atom is -0.396 e. The summed E-state index contributed by atoms with van der Waals surface area (Å²) >= 11 is 12.1. The number of aromatic nitrogens is 4. The molecule has 3 aliphatic rings. The highest BCUT2D eigenvalue weighted by atomic mass is 35.5. The number of ether oxygens (including phenoxy) is 2. The van der Waals surface area contributed by atoms with Crippen molar-refractivity contribution in [2.45, 2.75) is 44.3 Å². The second kappa shape index (κ2) is 4.59. The van der Waals surface area contributed by atoms with Gasteiger partial charge in [-0.1, -0.05) is 11.6 Å². The summed E-state index contributed by atoms with van der Waals surface area (Å²) in [5.41, 5.74) is 0.843. The number of rotatable bonds is 2. The van der Waals surface area contributed by atoms with E-state index in [0.29, 0.717) is 11.2 Å². The maximum Gasteiger partial charge on any atom is 0.225 e. The van der Waals surface area contributed by atoms with Gasteiger partial charge in [-0.05, 0) is 37.8 Å². The Labute approximate surface area is 147 Å². The topological polar surface area (TPSA) is 82.3 Å². The van der Waals surface area contributed by atoms with E-state index in [4.69, 9.17) is 32.7 Å². The number of fused-ring (bicyclic) bond motifs is 4. The van der Waals surface area contributed by atoms with E-state index in [1.807, 2.05) is 18.4 Å². The third kappa shape index (κ3) is 1.82. The van der Waals surface area contributed by atoms with Gasteiger partial charge < -0.3 is 19.1 Å². The molecule has 1 aliphatic heterocycles. The van der Waals surface area contributed by atoms with E-state index < -0.39 is 5.79 Å². The first-order valence-corrected chi connectivity index (χ1v) is 8.64. The average molecular weight is 371 g/mol. The highest BCUT2D eigenvalue weighted by molar-refractivity contribution is 6.35. The zero-order valence-corrected chi connectivity index (χ0v) is 14.6. The van der Waals surface area contributed by atoms with Gasteiger partial charge >= 0.3 is 0 Å². The Bertz CT molecular complexity index is 857. The first-order chi connectivity index (χ1) is 11.4. The lowest BCUT2D eigenvalue weighted by Gasteiger charge is -2.24. The van der Waals surface area contributed by atoms with Crippen LogP contribution in [-0.2, 0) is 9.47 Å². The Morgan fingerprint density at radius 1 is 1.33 bits per heavy atom. The predicted molar refractivity (Wildman–Crippen MR) is 85.8 cm³/mol. The summed E-state index contributed by atoms with van der Waals surface area (Å²) in [5.74, 6) is -0.428. The standard InChI is InChI=1S/C15H16Cl2N4O3/c1-14(2)23-9-8(6-3-15(6,4-22)10(9)24-14)21-5-18-7-11(16)19-13(17)20-12(7)21/h5-6,8-10,22H,3-4H2,1-2H3/t6-,8-,9+,10+,15-/m1/s1. The van der Waals surface area contributed by atoms with Crippen LogP contribution in [0.5, 0.6) is 0 Å². The van der Waals surface area contributed by atoms with E-state index in [2.05, 4.69) is 15.0 Å². The summed E-state index contributed by atoms with van der Waals surface area (Å²) in [6.45, 7) is 3.87. The van der Waals surface area contributed by atoms with Gasteiger partial charge in [0, 0.05) is 5.41 Å². The zero-order chi connectivity index (χ0) is 16.9. The number of imidazole rings is 1. The van der Waals surface area contributed by atoms with E-state index in [-0.39, 0.29) is 46.6 Å². The van der Waals surface area contributed by atoms with Gasteiger partial charge in [-0.15, -0.1) is 0 Å². The van der Waals surface area contributed by atoms with Crippen molar-refractivity contribution in [3.05, 3.63) is 16.8 Å². The molecule has 2 aromatic rings. The molecule has 128 valence electrons. The summed E-state index contributed by atoms with van der Waals surface area (Å²) in [4.78, 5) is 12.6. The second-order valence-corrected chi connectivity index (χ2v) is 8.02. The molecule has 0 unspecified atom stereocenters. The van der Waals surface area contributed by atoms with Gasteiger partial charge in [-0.3, -0.25) is 0 Å². The lowest BCUT2D eigenvalue weighted by Crippen LogP contribution is -2.33. The summed E-state index contributed by atoms with van der Waals surface area (Å²) in [7, 11) is 0. The van der Waals surface area contributed by atoms with Gasteiger partial charge in [0.2, 0.25) is 5.28 Å². The monoisotopic (exact) mass is 370 g/mol. The van der Waals surface area contributed by atoms with Crippen LogP contribution in [0.15, 0.2) is 6.33 Å². The quantitative estimate of drug-likeness (QED) is 0.644. The number of aliphatic hydroxyl groups excluding tert-OH is 1. The van der Waals surface area contributed by atoms with Crippen LogP contribution in [0, 0.1) is 11.3 Å². The van der Waals surface area contributed by atoms with Gasteiger partial charge in [0.15, 0.2) is 16.6 Å². The van der Waals surface area contributed by atoms with Crippen molar-refractivity contribution in [1.29, 1.82) is 0 Å². The van der Waals surface area contributed by atoms with Crippen LogP contribution in [0.4, 0.5) is 0 Å². The number of nitrogens with zero attached hydrogens (tertiary/aromatic N) is 4. The molecule has 1 N–H and O–H groups in total. The lowest BCUT2D eigenvalue weighted by molar-refractivity contribution is -0.163. The molecular formula is C15H16Cl2N4O3. The maximum absolute atomic E-state index is 9.97. The van der Waals surface area contributed by atoms with Crippen LogP contribution in [0.1, 0.15) is 26.3 Å². The van der Waals surface area contributed by atoms with Gasteiger partial charge in [0.05, 0.1) is 25.1 Å². The molecule has 0 aromatic carbocycles. The summed E-state index contributed by atoms with van der Waals surface area (Å²) in [6, 6.07) is -0.0315. The third-order valence-corrected chi connectivity index (χ3v) is 6.02. The highest BCUT2D eigenvalue weighted by Gasteiger charge is 2.75. The van der Waals surface area contributed by atoms with Crippen LogP contribution >= 0.6 is 23.2 Å². The molecule has 0 amide bonds. The molecule has 2 aliphatic carbocycles. The molecule has 2 saturated carbocycles. The largest absolute Gasteiger partial charge is 0.396 e. The van der Waals surface area contributed by atoms with Gasteiger partial charge in [-0.25, -0.2) is 9.97 Å². The Hall–Kier alpha value is -0.990. The van der Waals surface area contributed by atoms with Crippen LogP contribution in [0.25, 0.3) is 11.2 Å². The number of hydrogen-bond acceptors (Lipinski definition) is 6. The molecule has 0 bridgehead atoms. The third-order valence-electron chi connectivity index (χ3n) is 5.59. The van der Waals surface area contributed by atoms with Crippen molar-refractivity contribution in [2.24, 2.45) is 11.3 Å². The van der Waals surface area contributed by atoms with Crippen molar-refractivity contribution >= 4 is 34.4 Å². The SMILES string of the molecule is CC1(C)O[C@H]2[C@H](n3cnc4c(Cl)nc(Cl)nc43)[C@H]3C[C@]3(CO)[C@H]2O1. The molecule has 5 rings (SSSR count). The Balaban J connectivity index is 1.65. The minimum atomic E-state index is -0.677. The molecule has 2 aromatic heterocycles. The summed E-state index contributed by atoms with van der Waals surface area (Å²) in [6.07, 6.45) is 2.28. The van der Waals surface area contributed by atoms with Crippen LogP contribution < -0.4 is 0 Å². The van der Waals surface area contributed by atoms with E-state index in [1.165, 1.54) is 0 Å².